The number of hydrogen-bond acceptors (Lipinski definition) is 4. The Morgan fingerprint density at radius 3 is 2.81 bits per heavy atom. The van der Waals surface area contributed by atoms with E-state index in [1.165, 1.54) is 0 Å². The van der Waals surface area contributed by atoms with Gasteiger partial charge in [-0.1, -0.05) is 12.1 Å². The third kappa shape index (κ3) is 3.39. The van der Waals surface area contributed by atoms with Gasteiger partial charge in [-0.25, -0.2) is 9.50 Å². The summed E-state index contributed by atoms with van der Waals surface area (Å²) in [5.74, 6) is 0.693. The number of aromatic nitrogens is 3. The Morgan fingerprint density at radius 1 is 1.31 bits per heavy atom. The summed E-state index contributed by atoms with van der Waals surface area (Å²) >= 11 is 0. The summed E-state index contributed by atoms with van der Waals surface area (Å²) in [7, 11) is 0. The average Bonchev–Trinajstić information content (AvgIpc) is 2.92. The molecule has 0 aliphatic carbocycles. The minimum atomic E-state index is 0. The van der Waals surface area contributed by atoms with E-state index in [0.29, 0.717) is 18.8 Å². The van der Waals surface area contributed by atoms with Gasteiger partial charge < -0.3 is 10.6 Å². The number of nitrogens with one attached hydrogen (secondary N) is 2. The van der Waals surface area contributed by atoms with Crippen molar-refractivity contribution in [1.29, 1.82) is 0 Å². The molecule has 0 saturated carbocycles. The Bertz CT molecular complexity index is 948. The van der Waals surface area contributed by atoms with Crippen LogP contribution < -0.4 is 10.6 Å². The molecular formula is C19H24ClN5O. The fraction of sp³-hybridized carbons (Fsp3) is 0.421. The van der Waals surface area contributed by atoms with E-state index < -0.39 is 0 Å². The van der Waals surface area contributed by atoms with Gasteiger partial charge in [0.15, 0.2) is 5.65 Å². The first-order valence-corrected chi connectivity index (χ1v) is 8.84. The van der Waals surface area contributed by atoms with Crippen LogP contribution >= 0.6 is 12.4 Å². The van der Waals surface area contributed by atoms with Gasteiger partial charge in [-0.2, -0.15) is 5.10 Å². The smallest absolute Gasteiger partial charge is 0.220 e. The van der Waals surface area contributed by atoms with Gasteiger partial charge in [-0.05, 0) is 38.0 Å². The molecule has 1 aromatic carbocycles. The molecule has 0 unspecified atom stereocenters. The van der Waals surface area contributed by atoms with Crippen molar-refractivity contribution in [2.75, 3.05) is 19.6 Å². The van der Waals surface area contributed by atoms with Crippen LogP contribution in [0.25, 0.3) is 16.6 Å². The first kappa shape index (κ1) is 18.6. The predicted octanol–water partition coefficient (Wildman–Crippen LogP) is 2.19. The summed E-state index contributed by atoms with van der Waals surface area (Å²) in [5.41, 5.74) is 4.99. The number of carbonyl (C=O) groups excluding carboxylic acids is 1. The highest BCUT2D eigenvalue weighted by Gasteiger charge is 2.18. The summed E-state index contributed by atoms with van der Waals surface area (Å²) in [6, 6.07) is 8.04. The molecule has 3 aromatic rings. The summed E-state index contributed by atoms with van der Waals surface area (Å²) < 4.78 is 1.91. The fourth-order valence-electron chi connectivity index (χ4n) is 3.42. The normalized spacial score (nSPS) is 14.2. The summed E-state index contributed by atoms with van der Waals surface area (Å²) in [6.07, 6.45) is 1.17. The van der Waals surface area contributed by atoms with E-state index in [4.69, 9.17) is 4.98 Å². The van der Waals surface area contributed by atoms with Crippen LogP contribution in [0.3, 0.4) is 0 Å². The van der Waals surface area contributed by atoms with Crippen molar-refractivity contribution in [3.8, 4) is 0 Å². The molecule has 4 rings (SSSR count). The molecule has 26 heavy (non-hydrogen) atoms. The molecule has 1 saturated heterocycles. The lowest BCUT2D eigenvalue weighted by atomic mass is 10.0. The molecule has 0 radical (unpaired) electrons. The first-order chi connectivity index (χ1) is 12.1. The minimum Gasteiger partial charge on any atom is -0.356 e. The lowest BCUT2D eigenvalue weighted by Gasteiger charge is -2.27. The molecule has 138 valence electrons. The molecule has 1 aliphatic heterocycles. The molecular weight excluding hydrogens is 350 g/mol. The molecule has 3 heterocycles. The number of amides is 1. The van der Waals surface area contributed by atoms with Crippen LogP contribution in [0, 0.1) is 19.8 Å². The predicted molar refractivity (Wildman–Crippen MR) is 105 cm³/mol. The van der Waals surface area contributed by atoms with Gasteiger partial charge in [0.05, 0.1) is 5.52 Å². The van der Waals surface area contributed by atoms with Crippen molar-refractivity contribution in [2.45, 2.75) is 26.7 Å². The first-order valence-electron chi connectivity index (χ1n) is 8.84. The molecule has 0 atom stereocenters. The van der Waals surface area contributed by atoms with Gasteiger partial charge in [0.2, 0.25) is 5.91 Å². The highest BCUT2D eigenvalue weighted by molar-refractivity contribution is 5.92. The molecule has 1 amide bonds. The Kier molecular flexibility index (Phi) is 5.44. The van der Waals surface area contributed by atoms with Gasteiger partial charge in [0.25, 0.3) is 0 Å². The molecule has 2 aromatic heterocycles. The van der Waals surface area contributed by atoms with Crippen molar-refractivity contribution < 1.29 is 4.79 Å². The van der Waals surface area contributed by atoms with Crippen LogP contribution in [0.5, 0.6) is 0 Å². The number of nitrogens with zero attached hydrogens (tertiary/aromatic N) is 3. The Morgan fingerprint density at radius 2 is 2.08 bits per heavy atom. The van der Waals surface area contributed by atoms with Crippen LogP contribution in [0.4, 0.5) is 0 Å². The zero-order chi connectivity index (χ0) is 17.4. The fourth-order valence-corrected chi connectivity index (χ4v) is 3.42. The van der Waals surface area contributed by atoms with Crippen LogP contribution in [0.1, 0.15) is 23.4 Å². The maximum absolute atomic E-state index is 12.1. The summed E-state index contributed by atoms with van der Waals surface area (Å²) in [4.78, 5) is 16.9. The van der Waals surface area contributed by atoms with Gasteiger partial charge in [0, 0.05) is 48.7 Å². The number of benzene rings is 1. The number of aryl methyl sites for hydroxylation is 2. The second-order valence-electron chi connectivity index (χ2n) is 6.84. The topological polar surface area (TPSA) is 71.3 Å². The van der Waals surface area contributed by atoms with Crippen molar-refractivity contribution in [3.63, 3.8) is 0 Å². The Balaban J connectivity index is 0.00000196. The van der Waals surface area contributed by atoms with E-state index in [1.807, 2.05) is 35.7 Å². The maximum atomic E-state index is 12.1. The number of rotatable bonds is 5. The quantitative estimate of drug-likeness (QED) is 0.719. The van der Waals surface area contributed by atoms with Crippen molar-refractivity contribution in [3.05, 3.63) is 41.2 Å². The largest absolute Gasteiger partial charge is 0.356 e. The lowest BCUT2D eigenvalue weighted by Crippen LogP contribution is -2.48. The highest BCUT2D eigenvalue weighted by atomic mass is 35.5. The van der Waals surface area contributed by atoms with Gasteiger partial charge in [0.1, 0.15) is 0 Å². The zero-order valence-corrected chi connectivity index (χ0v) is 15.9. The summed E-state index contributed by atoms with van der Waals surface area (Å²) in [5, 5.41) is 12.0. The average molecular weight is 374 g/mol. The van der Waals surface area contributed by atoms with Crippen molar-refractivity contribution in [1.82, 2.24) is 25.2 Å². The van der Waals surface area contributed by atoms with Crippen LogP contribution in [0.15, 0.2) is 24.3 Å². The van der Waals surface area contributed by atoms with E-state index >= 15 is 0 Å². The standard InChI is InChI=1S/C19H23N5O.ClH/c1-12-15(7-8-18(25)21-11-14-9-20-10-14)13(2)24-19(22-12)16-5-3-4-6-17(16)23-24;/h3-6,14,20H,7-11H2,1-2H3,(H,21,25);1H. The molecule has 6 nitrogen and oxygen atoms in total. The third-order valence-corrected chi connectivity index (χ3v) is 5.07. The zero-order valence-electron chi connectivity index (χ0n) is 15.1. The van der Waals surface area contributed by atoms with Gasteiger partial charge in [-0.15, -0.1) is 12.4 Å². The molecule has 0 spiro atoms. The number of hydrogen-bond donors (Lipinski definition) is 2. The summed E-state index contributed by atoms with van der Waals surface area (Å²) in [6.45, 7) is 6.85. The van der Waals surface area contributed by atoms with Crippen LogP contribution in [-0.4, -0.2) is 40.1 Å². The van der Waals surface area contributed by atoms with Crippen LogP contribution in [0.2, 0.25) is 0 Å². The number of carbonyl (C=O) groups is 1. The second kappa shape index (κ2) is 7.60. The van der Waals surface area contributed by atoms with Crippen molar-refractivity contribution >= 4 is 34.9 Å². The molecule has 7 heteroatoms. The van der Waals surface area contributed by atoms with E-state index in [-0.39, 0.29) is 18.3 Å². The van der Waals surface area contributed by atoms with Crippen LogP contribution in [-0.2, 0) is 11.2 Å². The molecule has 2 N–H and O–H groups in total. The molecule has 1 aliphatic rings. The highest BCUT2D eigenvalue weighted by Crippen LogP contribution is 2.22. The van der Waals surface area contributed by atoms with E-state index in [9.17, 15) is 4.79 Å². The third-order valence-electron chi connectivity index (χ3n) is 5.07. The number of fused-ring (bicyclic) bond motifs is 3. The SMILES string of the molecule is Cc1nc2c3ccccc3nn2c(C)c1CCC(=O)NCC1CNC1.Cl. The minimum absolute atomic E-state index is 0. The Labute approximate surface area is 158 Å². The van der Waals surface area contributed by atoms with E-state index in [2.05, 4.69) is 22.7 Å². The lowest BCUT2D eigenvalue weighted by molar-refractivity contribution is -0.121. The molecule has 1 fully saturated rings. The van der Waals surface area contributed by atoms with Crippen molar-refractivity contribution in [2.24, 2.45) is 5.92 Å². The molecule has 0 bridgehead atoms. The van der Waals surface area contributed by atoms with E-state index in [0.717, 1.165) is 53.1 Å². The van der Waals surface area contributed by atoms with Gasteiger partial charge in [-0.3, -0.25) is 4.79 Å². The monoisotopic (exact) mass is 373 g/mol. The second-order valence-corrected chi connectivity index (χ2v) is 6.84. The maximum Gasteiger partial charge on any atom is 0.220 e. The number of halogens is 1. The van der Waals surface area contributed by atoms with E-state index in [1.54, 1.807) is 0 Å². The van der Waals surface area contributed by atoms with Gasteiger partial charge >= 0.3 is 0 Å². The Hall–Kier alpha value is -2.18.